The highest BCUT2D eigenvalue weighted by atomic mass is 16.5. The molecule has 1 fully saturated rings. The van der Waals surface area contributed by atoms with Gasteiger partial charge in [0.15, 0.2) is 0 Å². The highest BCUT2D eigenvalue weighted by Crippen LogP contribution is 2.24. The molecule has 1 aromatic rings. The van der Waals surface area contributed by atoms with Crippen molar-refractivity contribution < 1.29 is 14.3 Å². The maximum Gasteiger partial charge on any atom is 0.340 e. The molecule has 0 saturated heterocycles. The van der Waals surface area contributed by atoms with Crippen LogP contribution in [0.2, 0.25) is 0 Å². The average molecular weight is 330 g/mol. The van der Waals surface area contributed by atoms with Crippen molar-refractivity contribution in [1.29, 1.82) is 0 Å². The van der Waals surface area contributed by atoms with E-state index in [0.717, 1.165) is 25.7 Å². The molecule has 2 amide bonds. The van der Waals surface area contributed by atoms with Gasteiger partial charge in [0.05, 0.1) is 17.9 Å². The smallest absolute Gasteiger partial charge is 0.340 e. The van der Waals surface area contributed by atoms with Gasteiger partial charge < -0.3 is 15.0 Å². The first-order valence-corrected chi connectivity index (χ1v) is 8.62. The Balaban J connectivity index is 2.14. The fraction of sp³-hybridized carbons (Fsp3) is 0.474. The second-order valence-corrected chi connectivity index (χ2v) is 5.93. The lowest BCUT2D eigenvalue weighted by Crippen LogP contribution is -2.44. The monoisotopic (exact) mass is 330 g/mol. The van der Waals surface area contributed by atoms with E-state index in [9.17, 15) is 9.59 Å². The number of rotatable bonds is 6. The van der Waals surface area contributed by atoms with E-state index < -0.39 is 5.97 Å². The minimum absolute atomic E-state index is 0.196. The SMILES string of the molecule is C=CCN(C(=O)Nc1ccccc1C(=O)OCC)C1CCCCC1. The standard InChI is InChI=1S/C19H26N2O3/c1-3-14-21(15-10-6-5-7-11-15)19(23)20-17-13-9-8-12-16(17)18(22)24-4-2/h3,8-9,12-13,15H,1,4-7,10-11,14H2,2H3,(H,20,23). The van der Waals surface area contributed by atoms with E-state index in [1.165, 1.54) is 6.42 Å². The van der Waals surface area contributed by atoms with Crippen LogP contribution in [0.5, 0.6) is 0 Å². The molecule has 2 rings (SSSR count). The van der Waals surface area contributed by atoms with Gasteiger partial charge in [-0.2, -0.15) is 0 Å². The van der Waals surface area contributed by atoms with Crippen LogP contribution in [0.15, 0.2) is 36.9 Å². The normalized spacial score (nSPS) is 14.7. The fourth-order valence-electron chi connectivity index (χ4n) is 3.10. The Morgan fingerprint density at radius 2 is 2.00 bits per heavy atom. The van der Waals surface area contributed by atoms with Gasteiger partial charge in [-0.15, -0.1) is 6.58 Å². The van der Waals surface area contributed by atoms with Gasteiger partial charge >= 0.3 is 12.0 Å². The van der Waals surface area contributed by atoms with Crippen LogP contribution in [0.1, 0.15) is 49.4 Å². The van der Waals surface area contributed by atoms with Gasteiger partial charge in [0.1, 0.15) is 0 Å². The Morgan fingerprint density at radius 3 is 2.67 bits per heavy atom. The zero-order chi connectivity index (χ0) is 17.4. The first-order chi connectivity index (χ1) is 11.7. The summed E-state index contributed by atoms with van der Waals surface area (Å²) < 4.78 is 5.05. The predicted molar refractivity (Wildman–Crippen MR) is 95.2 cm³/mol. The Bertz CT molecular complexity index is 580. The average Bonchev–Trinajstić information content (AvgIpc) is 2.61. The molecule has 5 nitrogen and oxygen atoms in total. The summed E-state index contributed by atoms with van der Waals surface area (Å²) in [6.45, 7) is 6.31. The van der Waals surface area contributed by atoms with Crippen LogP contribution in [0.25, 0.3) is 0 Å². The second-order valence-electron chi connectivity index (χ2n) is 5.93. The number of nitrogens with one attached hydrogen (secondary N) is 1. The van der Waals surface area contributed by atoms with Crippen molar-refractivity contribution in [1.82, 2.24) is 4.90 Å². The lowest BCUT2D eigenvalue weighted by Gasteiger charge is -2.33. The highest BCUT2D eigenvalue weighted by Gasteiger charge is 2.25. The van der Waals surface area contributed by atoms with E-state index in [0.29, 0.717) is 24.4 Å². The lowest BCUT2D eigenvalue weighted by molar-refractivity contribution is 0.0527. The van der Waals surface area contributed by atoms with E-state index in [1.54, 1.807) is 37.3 Å². The van der Waals surface area contributed by atoms with Crippen molar-refractivity contribution in [3.05, 3.63) is 42.5 Å². The van der Waals surface area contributed by atoms with E-state index in [-0.39, 0.29) is 12.1 Å². The number of hydrogen-bond donors (Lipinski definition) is 1. The van der Waals surface area contributed by atoms with E-state index in [1.807, 2.05) is 4.90 Å². The maximum absolute atomic E-state index is 12.7. The largest absolute Gasteiger partial charge is 0.462 e. The number of nitrogens with zero attached hydrogens (tertiary/aromatic N) is 1. The summed E-state index contributed by atoms with van der Waals surface area (Å²) in [5, 5.41) is 2.87. The Hall–Kier alpha value is -2.30. The third-order valence-electron chi connectivity index (χ3n) is 4.27. The summed E-state index contributed by atoms with van der Waals surface area (Å²) in [6.07, 6.45) is 7.29. The van der Waals surface area contributed by atoms with Gasteiger partial charge in [-0.3, -0.25) is 0 Å². The number of para-hydroxylation sites is 1. The van der Waals surface area contributed by atoms with Gasteiger partial charge in [0.2, 0.25) is 0 Å². The third kappa shape index (κ3) is 4.60. The number of benzene rings is 1. The topological polar surface area (TPSA) is 58.6 Å². The van der Waals surface area contributed by atoms with Gasteiger partial charge in [-0.25, -0.2) is 9.59 Å². The van der Waals surface area contributed by atoms with Gasteiger partial charge in [-0.1, -0.05) is 37.5 Å². The molecule has 24 heavy (non-hydrogen) atoms. The summed E-state index contributed by atoms with van der Waals surface area (Å²) in [5.74, 6) is -0.429. The molecule has 1 N–H and O–H groups in total. The summed E-state index contributed by atoms with van der Waals surface area (Å²) in [5.41, 5.74) is 0.848. The molecular formula is C19H26N2O3. The van der Waals surface area contributed by atoms with Gasteiger partial charge in [0, 0.05) is 12.6 Å². The fourth-order valence-corrected chi connectivity index (χ4v) is 3.10. The first kappa shape index (κ1) is 18.0. The van der Waals surface area contributed by atoms with E-state index in [2.05, 4.69) is 11.9 Å². The van der Waals surface area contributed by atoms with Crippen LogP contribution in [0.3, 0.4) is 0 Å². The van der Waals surface area contributed by atoms with Crippen molar-refractivity contribution in [2.24, 2.45) is 0 Å². The van der Waals surface area contributed by atoms with Crippen LogP contribution >= 0.6 is 0 Å². The lowest BCUT2D eigenvalue weighted by atomic mass is 9.94. The number of amides is 2. The van der Waals surface area contributed by atoms with E-state index in [4.69, 9.17) is 4.74 Å². The number of anilines is 1. The summed E-state index contributed by atoms with van der Waals surface area (Å²) in [7, 11) is 0. The second kappa shape index (κ2) is 9.11. The predicted octanol–water partition coefficient (Wildman–Crippen LogP) is 4.22. The molecule has 0 unspecified atom stereocenters. The van der Waals surface area contributed by atoms with Crippen molar-refractivity contribution in [2.75, 3.05) is 18.5 Å². The molecular weight excluding hydrogens is 304 g/mol. The number of hydrogen-bond acceptors (Lipinski definition) is 3. The Labute approximate surface area is 143 Å². The highest BCUT2D eigenvalue weighted by molar-refractivity contribution is 6.00. The molecule has 1 aromatic carbocycles. The van der Waals surface area contributed by atoms with Crippen LogP contribution in [0, 0.1) is 0 Å². The Kier molecular flexibility index (Phi) is 6.85. The molecule has 5 heteroatoms. The van der Waals surface area contributed by atoms with Crippen LogP contribution < -0.4 is 5.32 Å². The minimum Gasteiger partial charge on any atom is -0.462 e. The molecule has 0 radical (unpaired) electrons. The quantitative estimate of drug-likeness (QED) is 0.628. The number of carbonyl (C=O) groups excluding carboxylic acids is 2. The number of urea groups is 1. The number of esters is 1. The Morgan fingerprint density at radius 1 is 1.29 bits per heavy atom. The third-order valence-corrected chi connectivity index (χ3v) is 4.27. The maximum atomic E-state index is 12.7. The first-order valence-electron chi connectivity index (χ1n) is 8.62. The minimum atomic E-state index is -0.429. The van der Waals surface area contributed by atoms with Gasteiger partial charge in [-0.05, 0) is 31.9 Å². The molecule has 0 atom stereocenters. The van der Waals surface area contributed by atoms with Crippen molar-refractivity contribution in [3.8, 4) is 0 Å². The molecule has 1 aliphatic rings. The molecule has 1 aliphatic carbocycles. The molecule has 0 heterocycles. The molecule has 0 bridgehead atoms. The van der Waals surface area contributed by atoms with Crippen LogP contribution in [-0.2, 0) is 4.74 Å². The molecule has 0 aromatic heterocycles. The molecule has 0 spiro atoms. The van der Waals surface area contributed by atoms with Crippen LogP contribution in [0.4, 0.5) is 10.5 Å². The van der Waals surface area contributed by atoms with Crippen molar-refractivity contribution >= 4 is 17.7 Å². The summed E-state index contributed by atoms with van der Waals surface area (Å²) in [4.78, 5) is 26.6. The van der Waals surface area contributed by atoms with Crippen molar-refractivity contribution in [2.45, 2.75) is 45.1 Å². The number of carbonyl (C=O) groups is 2. The molecule has 130 valence electrons. The molecule has 1 saturated carbocycles. The van der Waals surface area contributed by atoms with Crippen LogP contribution in [-0.4, -0.2) is 36.1 Å². The van der Waals surface area contributed by atoms with E-state index >= 15 is 0 Å². The summed E-state index contributed by atoms with van der Waals surface area (Å²) in [6, 6.07) is 6.95. The summed E-state index contributed by atoms with van der Waals surface area (Å²) >= 11 is 0. The van der Waals surface area contributed by atoms with Crippen molar-refractivity contribution in [3.63, 3.8) is 0 Å². The van der Waals surface area contributed by atoms with Gasteiger partial charge in [0.25, 0.3) is 0 Å². The zero-order valence-electron chi connectivity index (χ0n) is 14.3. The zero-order valence-corrected chi connectivity index (χ0v) is 14.3. The molecule has 0 aliphatic heterocycles. The number of ether oxygens (including phenoxy) is 1.